The summed E-state index contributed by atoms with van der Waals surface area (Å²) in [4.78, 5) is 13.4. The molecule has 17 heavy (non-hydrogen) atoms. The SMILES string of the molecule is O=C1CC[C@@H](O)CCN1[C@H]1CC(O)[C@@H](CO)O1. The van der Waals surface area contributed by atoms with Crippen molar-refractivity contribution < 1.29 is 24.9 Å². The fourth-order valence-electron chi connectivity index (χ4n) is 2.37. The molecule has 2 fully saturated rings. The first-order valence-electron chi connectivity index (χ1n) is 6.03. The Kier molecular flexibility index (Phi) is 3.98. The number of hydrogen-bond acceptors (Lipinski definition) is 5. The Balaban J connectivity index is 1.99. The predicted octanol–water partition coefficient (Wildman–Crippen LogP) is -1.17. The molecule has 0 spiro atoms. The van der Waals surface area contributed by atoms with Crippen LogP contribution < -0.4 is 0 Å². The first kappa shape index (κ1) is 12.8. The summed E-state index contributed by atoms with van der Waals surface area (Å²) in [5.74, 6) is -0.0580. The highest BCUT2D eigenvalue weighted by atomic mass is 16.5. The van der Waals surface area contributed by atoms with E-state index in [0.29, 0.717) is 32.2 Å². The van der Waals surface area contributed by atoms with Gasteiger partial charge in [0.15, 0.2) is 0 Å². The lowest BCUT2D eigenvalue weighted by Crippen LogP contribution is -2.40. The van der Waals surface area contributed by atoms with Gasteiger partial charge in [-0.3, -0.25) is 4.79 Å². The van der Waals surface area contributed by atoms with E-state index >= 15 is 0 Å². The van der Waals surface area contributed by atoms with E-state index in [4.69, 9.17) is 9.84 Å². The summed E-state index contributed by atoms with van der Waals surface area (Å²) >= 11 is 0. The van der Waals surface area contributed by atoms with E-state index in [1.165, 1.54) is 0 Å². The molecule has 0 aliphatic carbocycles. The number of hydrogen-bond donors (Lipinski definition) is 3. The highest BCUT2D eigenvalue weighted by Crippen LogP contribution is 2.26. The molecule has 2 aliphatic rings. The molecule has 6 heteroatoms. The van der Waals surface area contributed by atoms with Crippen LogP contribution in [0.2, 0.25) is 0 Å². The minimum atomic E-state index is -0.731. The van der Waals surface area contributed by atoms with Crippen LogP contribution in [0.3, 0.4) is 0 Å². The maximum Gasteiger partial charge on any atom is 0.224 e. The molecule has 0 aromatic rings. The van der Waals surface area contributed by atoms with Gasteiger partial charge >= 0.3 is 0 Å². The zero-order chi connectivity index (χ0) is 12.4. The van der Waals surface area contributed by atoms with E-state index in [1.54, 1.807) is 4.90 Å². The Morgan fingerprint density at radius 3 is 2.76 bits per heavy atom. The van der Waals surface area contributed by atoms with Gasteiger partial charge in [0.05, 0.1) is 18.8 Å². The van der Waals surface area contributed by atoms with Gasteiger partial charge in [-0.1, -0.05) is 0 Å². The van der Waals surface area contributed by atoms with Gasteiger partial charge in [-0.25, -0.2) is 0 Å². The van der Waals surface area contributed by atoms with Crippen LogP contribution in [0.4, 0.5) is 0 Å². The smallest absolute Gasteiger partial charge is 0.224 e. The van der Waals surface area contributed by atoms with Crippen molar-refractivity contribution in [3.63, 3.8) is 0 Å². The van der Waals surface area contributed by atoms with E-state index < -0.39 is 24.5 Å². The highest BCUT2D eigenvalue weighted by Gasteiger charge is 2.39. The average Bonchev–Trinajstić information content (AvgIpc) is 2.59. The van der Waals surface area contributed by atoms with Gasteiger partial charge in [-0.15, -0.1) is 0 Å². The summed E-state index contributed by atoms with van der Waals surface area (Å²) < 4.78 is 5.45. The molecule has 6 nitrogen and oxygen atoms in total. The van der Waals surface area contributed by atoms with Gasteiger partial charge in [0.25, 0.3) is 0 Å². The fourth-order valence-corrected chi connectivity index (χ4v) is 2.37. The number of carbonyl (C=O) groups excluding carboxylic acids is 1. The van der Waals surface area contributed by atoms with Crippen molar-refractivity contribution in [2.24, 2.45) is 0 Å². The molecule has 1 unspecified atom stereocenters. The van der Waals surface area contributed by atoms with Gasteiger partial charge in [-0.2, -0.15) is 0 Å². The second kappa shape index (κ2) is 5.30. The number of amides is 1. The summed E-state index contributed by atoms with van der Waals surface area (Å²) in [6.45, 7) is 0.192. The molecule has 0 aromatic heterocycles. The Bertz CT molecular complexity index is 285. The minimum absolute atomic E-state index is 0.0580. The summed E-state index contributed by atoms with van der Waals surface area (Å²) in [6.07, 6.45) is -0.608. The summed E-state index contributed by atoms with van der Waals surface area (Å²) in [5.41, 5.74) is 0. The highest BCUT2D eigenvalue weighted by molar-refractivity contribution is 5.76. The fraction of sp³-hybridized carbons (Fsp3) is 0.909. The zero-order valence-electron chi connectivity index (χ0n) is 9.66. The molecule has 0 saturated carbocycles. The van der Waals surface area contributed by atoms with Crippen LogP contribution in [0, 0.1) is 0 Å². The van der Waals surface area contributed by atoms with Gasteiger partial charge in [0, 0.05) is 19.4 Å². The van der Waals surface area contributed by atoms with Crippen LogP contribution in [0.1, 0.15) is 25.7 Å². The number of nitrogens with zero attached hydrogens (tertiary/aromatic N) is 1. The van der Waals surface area contributed by atoms with E-state index in [0.717, 1.165) is 0 Å². The van der Waals surface area contributed by atoms with Crippen LogP contribution in [0.25, 0.3) is 0 Å². The Morgan fingerprint density at radius 2 is 2.12 bits per heavy atom. The summed E-state index contributed by atoms with van der Waals surface area (Å²) in [5, 5.41) is 28.1. The lowest BCUT2D eigenvalue weighted by molar-refractivity contribution is -0.146. The predicted molar refractivity (Wildman–Crippen MR) is 57.9 cm³/mol. The normalized spacial score (nSPS) is 39.5. The van der Waals surface area contributed by atoms with E-state index in [2.05, 4.69) is 0 Å². The van der Waals surface area contributed by atoms with Crippen LogP contribution in [-0.4, -0.2) is 63.8 Å². The van der Waals surface area contributed by atoms with E-state index in [1.807, 2.05) is 0 Å². The van der Waals surface area contributed by atoms with Crippen LogP contribution in [0.15, 0.2) is 0 Å². The molecule has 3 N–H and O–H groups in total. The molecular formula is C11H19NO5. The Morgan fingerprint density at radius 1 is 1.35 bits per heavy atom. The van der Waals surface area contributed by atoms with Gasteiger partial charge in [0.1, 0.15) is 12.3 Å². The summed E-state index contributed by atoms with van der Waals surface area (Å²) in [6, 6.07) is 0. The van der Waals surface area contributed by atoms with E-state index in [9.17, 15) is 15.0 Å². The quantitative estimate of drug-likeness (QED) is 0.570. The topological polar surface area (TPSA) is 90.2 Å². The molecule has 2 heterocycles. The Hall–Kier alpha value is -0.690. The third kappa shape index (κ3) is 2.77. The van der Waals surface area contributed by atoms with Crippen molar-refractivity contribution in [2.75, 3.05) is 13.2 Å². The molecule has 2 aliphatic heterocycles. The molecule has 2 saturated heterocycles. The molecule has 0 bridgehead atoms. The summed E-state index contributed by atoms with van der Waals surface area (Å²) in [7, 11) is 0. The molecule has 98 valence electrons. The van der Waals surface area contributed by atoms with Crippen molar-refractivity contribution in [2.45, 2.75) is 50.2 Å². The maximum absolute atomic E-state index is 11.8. The monoisotopic (exact) mass is 245 g/mol. The van der Waals surface area contributed by atoms with Gasteiger partial charge in [0.2, 0.25) is 5.91 Å². The zero-order valence-corrected chi connectivity index (χ0v) is 9.66. The Labute approximate surface area is 99.8 Å². The molecular weight excluding hydrogens is 226 g/mol. The molecule has 2 rings (SSSR count). The van der Waals surface area contributed by atoms with Gasteiger partial charge in [-0.05, 0) is 12.8 Å². The number of aliphatic hydroxyl groups excluding tert-OH is 3. The van der Waals surface area contributed by atoms with Crippen molar-refractivity contribution in [3.05, 3.63) is 0 Å². The van der Waals surface area contributed by atoms with Crippen LogP contribution in [0.5, 0.6) is 0 Å². The van der Waals surface area contributed by atoms with Crippen molar-refractivity contribution in [1.82, 2.24) is 4.90 Å². The minimum Gasteiger partial charge on any atom is -0.394 e. The standard InChI is InChI=1S/C11H19NO5/c13-6-9-8(15)5-11(17-9)12-4-3-7(14)1-2-10(12)16/h7-9,11,13-15H,1-6H2/t7-,8?,9-,11-/m1/s1. The first-order valence-corrected chi connectivity index (χ1v) is 6.03. The van der Waals surface area contributed by atoms with Crippen molar-refractivity contribution in [1.29, 1.82) is 0 Å². The maximum atomic E-state index is 11.8. The largest absolute Gasteiger partial charge is 0.394 e. The molecule has 0 radical (unpaired) electrons. The number of likely N-dealkylation sites (tertiary alicyclic amines) is 1. The number of ether oxygens (including phenoxy) is 1. The number of carbonyl (C=O) groups is 1. The second-order valence-corrected chi connectivity index (χ2v) is 4.68. The molecule has 4 atom stereocenters. The lowest BCUT2D eigenvalue weighted by atomic mass is 10.2. The third-order valence-corrected chi connectivity index (χ3v) is 3.45. The van der Waals surface area contributed by atoms with Crippen LogP contribution in [-0.2, 0) is 9.53 Å². The third-order valence-electron chi connectivity index (χ3n) is 3.45. The average molecular weight is 245 g/mol. The van der Waals surface area contributed by atoms with Gasteiger partial charge < -0.3 is 25.0 Å². The first-order chi connectivity index (χ1) is 8.11. The molecule has 0 aromatic carbocycles. The van der Waals surface area contributed by atoms with Crippen molar-refractivity contribution >= 4 is 5.91 Å². The van der Waals surface area contributed by atoms with E-state index in [-0.39, 0.29) is 12.5 Å². The number of aliphatic hydroxyl groups is 3. The number of rotatable bonds is 2. The van der Waals surface area contributed by atoms with Crippen molar-refractivity contribution in [3.8, 4) is 0 Å². The lowest BCUT2D eigenvalue weighted by Gasteiger charge is -2.27. The van der Waals surface area contributed by atoms with Crippen LogP contribution >= 0.6 is 0 Å². The molecule has 1 amide bonds. The second-order valence-electron chi connectivity index (χ2n) is 4.68.